The van der Waals surface area contributed by atoms with E-state index in [1.54, 1.807) is 12.1 Å². The van der Waals surface area contributed by atoms with Gasteiger partial charge in [-0.15, -0.1) is 5.48 Å². The number of benzene rings is 1. The lowest BCUT2D eigenvalue weighted by Crippen LogP contribution is -2.60. The summed E-state index contributed by atoms with van der Waals surface area (Å²) in [5.41, 5.74) is 3.14. The average molecular weight is 287 g/mol. The van der Waals surface area contributed by atoms with Crippen molar-refractivity contribution in [2.24, 2.45) is 17.8 Å². The third-order valence-electron chi connectivity index (χ3n) is 5.54. The van der Waals surface area contributed by atoms with Crippen molar-refractivity contribution in [3.63, 3.8) is 0 Å². The van der Waals surface area contributed by atoms with Gasteiger partial charge in [-0.25, -0.2) is 4.79 Å². The maximum atomic E-state index is 12.0. The van der Waals surface area contributed by atoms with E-state index in [0.29, 0.717) is 23.3 Å². The fourth-order valence-corrected chi connectivity index (χ4v) is 4.93. The Balaban J connectivity index is 1.41. The number of aliphatic hydroxyl groups is 1. The minimum Gasteiger partial charge on any atom is -0.390 e. The van der Waals surface area contributed by atoms with Gasteiger partial charge in [0.15, 0.2) is 0 Å². The van der Waals surface area contributed by atoms with Gasteiger partial charge in [0, 0.05) is 6.04 Å². The summed E-state index contributed by atoms with van der Waals surface area (Å²) in [6.45, 7) is 0. The normalized spacial score (nSPS) is 40.2. The maximum absolute atomic E-state index is 12.0. The number of rotatable bonds is 3. The summed E-state index contributed by atoms with van der Waals surface area (Å²) < 4.78 is 0. The van der Waals surface area contributed by atoms with E-state index in [1.165, 1.54) is 0 Å². The van der Waals surface area contributed by atoms with Gasteiger partial charge in [0.05, 0.1) is 11.2 Å². The third-order valence-corrected chi connectivity index (χ3v) is 5.54. The Labute approximate surface area is 124 Å². The van der Waals surface area contributed by atoms with Crippen molar-refractivity contribution < 1.29 is 14.7 Å². The number of hydroxylamine groups is 1. The van der Waals surface area contributed by atoms with Crippen molar-refractivity contribution in [3.8, 4) is 0 Å². The summed E-state index contributed by atoms with van der Waals surface area (Å²) in [5, 5.41) is 10.5. The molecule has 2 N–H and O–H groups in total. The molecule has 1 aromatic carbocycles. The minimum absolute atomic E-state index is 0.203. The number of hydrogen-bond donors (Lipinski definition) is 2. The molecular formula is C17H21NO3. The van der Waals surface area contributed by atoms with Gasteiger partial charge >= 0.3 is 5.97 Å². The first kappa shape index (κ1) is 13.3. The molecular weight excluding hydrogens is 266 g/mol. The molecule has 4 heteroatoms. The summed E-state index contributed by atoms with van der Waals surface area (Å²) in [4.78, 5) is 17.3. The maximum Gasteiger partial charge on any atom is 0.356 e. The molecule has 0 radical (unpaired) electrons. The fourth-order valence-electron chi connectivity index (χ4n) is 4.93. The average Bonchev–Trinajstić information content (AvgIpc) is 2.45. The van der Waals surface area contributed by atoms with Crippen LogP contribution in [0.15, 0.2) is 30.3 Å². The summed E-state index contributed by atoms with van der Waals surface area (Å²) in [7, 11) is 0. The Hall–Kier alpha value is -1.39. The lowest BCUT2D eigenvalue weighted by atomic mass is 9.52. The quantitative estimate of drug-likeness (QED) is 0.837. The predicted octanol–water partition coefficient (Wildman–Crippen LogP) is 2.29. The van der Waals surface area contributed by atoms with E-state index >= 15 is 0 Å². The van der Waals surface area contributed by atoms with Crippen LogP contribution in [-0.2, 0) is 4.84 Å². The molecule has 2 atom stereocenters. The smallest absolute Gasteiger partial charge is 0.356 e. The van der Waals surface area contributed by atoms with Crippen molar-refractivity contribution in [1.29, 1.82) is 0 Å². The molecule has 1 aromatic rings. The van der Waals surface area contributed by atoms with Crippen molar-refractivity contribution in [2.45, 2.75) is 43.7 Å². The monoisotopic (exact) mass is 287 g/mol. The molecule has 0 spiro atoms. The highest BCUT2D eigenvalue weighted by molar-refractivity contribution is 5.89. The summed E-state index contributed by atoms with van der Waals surface area (Å²) >= 11 is 0. The highest BCUT2D eigenvalue weighted by Gasteiger charge is 2.55. The molecule has 0 aliphatic heterocycles. The van der Waals surface area contributed by atoms with Crippen molar-refractivity contribution in [2.75, 3.05) is 0 Å². The Morgan fingerprint density at radius 3 is 2.43 bits per heavy atom. The molecule has 4 aliphatic carbocycles. The van der Waals surface area contributed by atoms with E-state index < -0.39 is 5.60 Å². The SMILES string of the molecule is O=C(ONC1C2CC3CC1CC(O)(C3)C2)c1ccccc1. The highest BCUT2D eigenvalue weighted by Crippen LogP contribution is 2.55. The Kier molecular flexibility index (Phi) is 3.05. The zero-order valence-corrected chi connectivity index (χ0v) is 12.0. The van der Waals surface area contributed by atoms with Gasteiger partial charge in [0.25, 0.3) is 0 Å². The van der Waals surface area contributed by atoms with Gasteiger partial charge in [-0.2, -0.15) is 0 Å². The first-order valence-electron chi connectivity index (χ1n) is 7.87. The molecule has 0 aromatic heterocycles. The molecule has 5 rings (SSSR count). The molecule has 0 amide bonds. The second-order valence-corrected chi connectivity index (χ2v) is 7.09. The zero-order chi connectivity index (χ0) is 14.4. The van der Waals surface area contributed by atoms with Crippen LogP contribution in [0.4, 0.5) is 0 Å². The van der Waals surface area contributed by atoms with Crippen molar-refractivity contribution in [3.05, 3.63) is 35.9 Å². The van der Waals surface area contributed by atoms with E-state index in [9.17, 15) is 9.90 Å². The van der Waals surface area contributed by atoms with Crippen LogP contribution in [0.2, 0.25) is 0 Å². The standard InChI is InChI=1S/C17H21NO3/c19-16(12-4-2-1-3-5-12)21-18-15-13-6-11-7-14(15)10-17(20,8-11)9-13/h1-5,11,13-15,18,20H,6-10H2. The predicted molar refractivity (Wildman–Crippen MR) is 77.3 cm³/mol. The van der Waals surface area contributed by atoms with Gasteiger partial charge in [0.2, 0.25) is 0 Å². The van der Waals surface area contributed by atoms with Crippen molar-refractivity contribution >= 4 is 5.97 Å². The number of nitrogens with one attached hydrogen (secondary N) is 1. The molecule has 4 saturated carbocycles. The van der Waals surface area contributed by atoms with E-state index in [1.807, 2.05) is 18.2 Å². The van der Waals surface area contributed by atoms with Crippen LogP contribution in [0.1, 0.15) is 42.5 Å². The fraction of sp³-hybridized carbons (Fsp3) is 0.588. The molecule has 4 bridgehead atoms. The first-order valence-corrected chi connectivity index (χ1v) is 7.87. The second kappa shape index (κ2) is 4.82. The minimum atomic E-state index is -0.446. The van der Waals surface area contributed by atoms with Crippen LogP contribution in [-0.4, -0.2) is 22.7 Å². The molecule has 21 heavy (non-hydrogen) atoms. The van der Waals surface area contributed by atoms with Gasteiger partial charge in [-0.05, 0) is 62.0 Å². The number of carbonyl (C=O) groups is 1. The lowest BCUT2D eigenvalue weighted by Gasteiger charge is -2.57. The van der Waals surface area contributed by atoms with Crippen LogP contribution in [0.25, 0.3) is 0 Å². The van der Waals surface area contributed by atoms with Crippen LogP contribution in [0.3, 0.4) is 0 Å². The van der Waals surface area contributed by atoms with Gasteiger partial charge in [0.1, 0.15) is 0 Å². The van der Waals surface area contributed by atoms with E-state index in [0.717, 1.165) is 32.1 Å². The molecule has 2 unspecified atom stereocenters. The lowest BCUT2D eigenvalue weighted by molar-refractivity contribution is -0.155. The largest absolute Gasteiger partial charge is 0.390 e. The van der Waals surface area contributed by atoms with E-state index in [-0.39, 0.29) is 12.0 Å². The highest BCUT2D eigenvalue weighted by atomic mass is 16.7. The molecule has 4 nitrogen and oxygen atoms in total. The molecule has 0 heterocycles. The summed E-state index contributed by atoms with van der Waals surface area (Å²) in [6, 6.07) is 9.24. The number of carbonyl (C=O) groups excluding carboxylic acids is 1. The Morgan fingerprint density at radius 2 is 1.81 bits per heavy atom. The zero-order valence-electron chi connectivity index (χ0n) is 12.0. The summed E-state index contributed by atoms with van der Waals surface area (Å²) in [5.74, 6) is 1.20. The van der Waals surface area contributed by atoms with Crippen LogP contribution < -0.4 is 5.48 Å². The molecule has 4 aliphatic rings. The van der Waals surface area contributed by atoms with Gasteiger partial charge in [-0.3, -0.25) is 0 Å². The van der Waals surface area contributed by atoms with Gasteiger partial charge < -0.3 is 9.94 Å². The number of hydrogen-bond acceptors (Lipinski definition) is 4. The molecule has 112 valence electrons. The van der Waals surface area contributed by atoms with E-state index in [2.05, 4.69) is 5.48 Å². The van der Waals surface area contributed by atoms with Crippen molar-refractivity contribution in [1.82, 2.24) is 5.48 Å². The molecule has 0 saturated heterocycles. The topological polar surface area (TPSA) is 58.6 Å². The van der Waals surface area contributed by atoms with Crippen LogP contribution in [0, 0.1) is 17.8 Å². The van der Waals surface area contributed by atoms with Crippen LogP contribution in [0.5, 0.6) is 0 Å². The Morgan fingerprint density at radius 1 is 1.14 bits per heavy atom. The third kappa shape index (κ3) is 2.36. The summed E-state index contributed by atoms with van der Waals surface area (Å²) in [6.07, 6.45) is 4.97. The molecule has 4 fully saturated rings. The Bertz CT molecular complexity index is 528. The van der Waals surface area contributed by atoms with Crippen LogP contribution >= 0.6 is 0 Å². The second-order valence-electron chi connectivity index (χ2n) is 7.09. The first-order chi connectivity index (χ1) is 10.1. The van der Waals surface area contributed by atoms with E-state index in [4.69, 9.17) is 4.84 Å². The van der Waals surface area contributed by atoms with Gasteiger partial charge in [-0.1, -0.05) is 18.2 Å².